The second kappa shape index (κ2) is 8.89. The van der Waals surface area contributed by atoms with E-state index in [1.54, 1.807) is 36.4 Å². The van der Waals surface area contributed by atoms with Crippen LogP contribution in [-0.2, 0) is 14.3 Å². The molecule has 3 rings (SSSR count). The van der Waals surface area contributed by atoms with Crippen LogP contribution in [0, 0.1) is 11.3 Å². The van der Waals surface area contributed by atoms with Crippen LogP contribution in [0.1, 0.15) is 5.56 Å². The van der Waals surface area contributed by atoms with E-state index >= 15 is 0 Å². The summed E-state index contributed by atoms with van der Waals surface area (Å²) in [6.07, 6.45) is 0. The maximum Gasteiger partial charge on any atom is 0.344 e. The van der Waals surface area contributed by atoms with Crippen LogP contribution in [0.2, 0.25) is 5.02 Å². The van der Waals surface area contributed by atoms with Crippen molar-refractivity contribution in [2.75, 3.05) is 18.5 Å². The summed E-state index contributed by atoms with van der Waals surface area (Å²) in [4.78, 5) is 23.8. The minimum Gasteiger partial charge on any atom is -0.481 e. The number of rotatable bonds is 6. The molecule has 3 aromatic rings. The van der Waals surface area contributed by atoms with Crippen molar-refractivity contribution in [2.24, 2.45) is 0 Å². The number of ether oxygens (including phenoxy) is 2. The van der Waals surface area contributed by atoms with Gasteiger partial charge in [0.1, 0.15) is 11.8 Å². The van der Waals surface area contributed by atoms with Crippen LogP contribution in [0.3, 0.4) is 0 Å². The van der Waals surface area contributed by atoms with Crippen molar-refractivity contribution in [3.63, 3.8) is 0 Å². The number of fused-ring (bicyclic) bond motifs is 1. The molecular weight excluding hydrogens is 380 g/mol. The van der Waals surface area contributed by atoms with Gasteiger partial charge in [0.15, 0.2) is 13.2 Å². The van der Waals surface area contributed by atoms with Crippen LogP contribution in [0.5, 0.6) is 5.75 Å². The van der Waals surface area contributed by atoms with Gasteiger partial charge in [-0.25, -0.2) is 4.79 Å². The van der Waals surface area contributed by atoms with Crippen LogP contribution < -0.4 is 10.1 Å². The Kier molecular flexibility index (Phi) is 6.10. The summed E-state index contributed by atoms with van der Waals surface area (Å²) in [7, 11) is 0. The molecule has 3 aromatic carbocycles. The number of nitrogens with one attached hydrogen (secondary N) is 1. The summed E-state index contributed by atoms with van der Waals surface area (Å²) in [5.41, 5.74) is 0.676. The van der Waals surface area contributed by atoms with E-state index in [0.29, 0.717) is 22.0 Å². The first kappa shape index (κ1) is 19.2. The highest BCUT2D eigenvalue weighted by Crippen LogP contribution is 2.31. The number of hydrogen-bond donors (Lipinski definition) is 1. The van der Waals surface area contributed by atoms with E-state index in [-0.39, 0.29) is 6.61 Å². The third-order valence-corrected chi connectivity index (χ3v) is 4.19. The van der Waals surface area contributed by atoms with Gasteiger partial charge in [-0.1, -0.05) is 48.0 Å². The molecule has 0 radical (unpaired) electrons. The molecular formula is C21H15ClN2O4. The molecule has 0 aliphatic heterocycles. The summed E-state index contributed by atoms with van der Waals surface area (Å²) in [5.74, 6) is -0.750. The maximum absolute atomic E-state index is 11.9. The number of esters is 1. The molecule has 28 heavy (non-hydrogen) atoms. The normalized spacial score (nSPS) is 10.1. The molecule has 7 heteroatoms. The van der Waals surface area contributed by atoms with Crippen molar-refractivity contribution in [3.8, 4) is 11.8 Å². The number of carbonyl (C=O) groups excluding carboxylic acids is 2. The highest BCUT2D eigenvalue weighted by molar-refractivity contribution is 6.35. The molecule has 0 spiro atoms. The van der Waals surface area contributed by atoms with Crippen molar-refractivity contribution in [1.82, 2.24) is 0 Å². The van der Waals surface area contributed by atoms with E-state index < -0.39 is 18.5 Å². The monoisotopic (exact) mass is 394 g/mol. The number of carbonyl (C=O) groups is 2. The van der Waals surface area contributed by atoms with Gasteiger partial charge in [-0.15, -0.1) is 0 Å². The van der Waals surface area contributed by atoms with Gasteiger partial charge in [0.25, 0.3) is 5.91 Å². The van der Waals surface area contributed by atoms with Gasteiger partial charge in [-0.05, 0) is 24.3 Å². The Labute approximate surface area is 166 Å². The predicted molar refractivity (Wildman–Crippen MR) is 105 cm³/mol. The fraction of sp³-hybridized carbons (Fsp3) is 0.0952. The number of nitrogens with zero attached hydrogens (tertiary/aromatic N) is 1. The minimum absolute atomic E-state index is 0.320. The highest BCUT2D eigenvalue weighted by atomic mass is 35.5. The largest absolute Gasteiger partial charge is 0.481 e. The molecule has 0 bridgehead atoms. The standard InChI is InChI=1S/C21H15ClN2O4/c22-17-9-10-19(16-7-3-2-6-15(16)17)27-13-21(26)28-12-20(25)24-18-8-4-1-5-14(18)11-23/h1-10H,12-13H2,(H,24,25). The minimum atomic E-state index is -0.692. The summed E-state index contributed by atoms with van der Waals surface area (Å²) in [5, 5.41) is 13.7. The molecule has 0 aliphatic carbocycles. The van der Waals surface area contributed by atoms with E-state index in [2.05, 4.69) is 5.32 Å². The number of nitriles is 1. The maximum atomic E-state index is 11.9. The lowest BCUT2D eigenvalue weighted by Gasteiger charge is -2.11. The van der Waals surface area contributed by atoms with Crippen LogP contribution >= 0.6 is 11.6 Å². The van der Waals surface area contributed by atoms with Crippen LogP contribution in [0.4, 0.5) is 5.69 Å². The van der Waals surface area contributed by atoms with Gasteiger partial charge in [0, 0.05) is 15.8 Å². The fourth-order valence-corrected chi connectivity index (χ4v) is 2.79. The predicted octanol–water partition coefficient (Wildman–Crippen LogP) is 3.93. The number of anilines is 1. The zero-order chi connectivity index (χ0) is 19.9. The molecule has 6 nitrogen and oxygen atoms in total. The number of amides is 1. The zero-order valence-corrected chi connectivity index (χ0v) is 15.4. The van der Waals surface area contributed by atoms with Gasteiger partial charge in [-0.3, -0.25) is 4.79 Å². The first-order valence-electron chi connectivity index (χ1n) is 8.33. The smallest absolute Gasteiger partial charge is 0.344 e. The number of halogens is 1. The first-order chi connectivity index (χ1) is 13.6. The lowest BCUT2D eigenvalue weighted by atomic mass is 10.1. The molecule has 1 amide bonds. The molecule has 0 atom stereocenters. The molecule has 0 saturated carbocycles. The lowest BCUT2D eigenvalue weighted by molar-refractivity contribution is -0.149. The average molecular weight is 395 g/mol. The van der Waals surface area contributed by atoms with E-state index in [0.717, 1.165) is 10.8 Å². The van der Waals surface area contributed by atoms with Crippen molar-refractivity contribution >= 4 is 39.9 Å². The summed E-state index contributed by atoms with van der Waals surface area (Å²) >= 11 is 6.15. The van der Waals surface area contributed by atoms with Crippen molar-refractivity contribution in [1.29, 1.82) is 5.26 Å². The highest BCUT2D eigenvalue weighted by Gasteiger charge is 2.12. The molecule has 140 valence electrons. The topological polar surface area (TPSA) is 88.4 Å². The molecule has 0 saturated heterocycles. The van der Waals surface area contributed by atoms with Crippen LogP contribution in [0.15, 0.2) is 60.7 Å². The Morgan fingerprint density at radius 1 is 0.964 bits per heavy atom. The quantitative estimate of drug-likeness (QED) is 0.640. The zero-order valence-electron chi connectivity index (χ0n) is 14.6. The third-order valence-electron chi connectivity index (χ3n) is 3.86. The Morgan fingerprint density at radius 2 is 1.68 bits per heavy atom. The summed E-state index contributed by atoms with van der Waals surface area (Å²) in [6, 6.07) is 19.3. The van der Waals surface area contributed by atoms with E-state index in [1.165, 1.54) is 0 Å². The van der Waals surface area contributed by atoms with Gasteiger partial charge >= 0.3 is 5.97 Å². The van der Waals surface area contributed by atoms with Gasteiger partial charge < -0.3 is 14.8 Å². The number of hydrogen-bond acceptors (Lipinski definition) is 5. The van der Waals surface area contributed by atoms with Crippen molar-refractivity contribution in [3.05, 3.63) is 71.2 Å². The van der Waals surface area contributed by atoms with E-state index in [9.17, 15) is 9.59 Å². The number of benzene rings is 3. The van der Waals surface area contributed by atoms with Gasteiger partial charge in [0.05, 0.1) is 11.3 Å². The Hall–Kier alpha value is -3.56. The summed E-state index contributed by atoms with van der Waals surface area (Å²) in [6.45, 7) is -0.836. The second-order valence-electron chi connectivity index (χ2n) is 5.75. The summed E-state index contributed by atoms with van der Waals surface area (Å²) < 4.78 is 10.4. The van der Waals surface area contributed by atoms with E-state index in [1.807, 2.05) is 30.3 Å². The molecule has 0 unspecified atom stereocenters. The van der Waals surface area contributed by atoms with E-state index in [4.69, 9.17) is 26.3 Å². The molecule has 0 fully saturated rings. The van der Waals surface area contributed by atoms with Gasteiger partial charge in [0.2, 0.25) is 0 Å². The third kappa shape index (κ3) is 4.58. The molecule has 1 N–H and O–H groups in total. The molecule has 0 aromatic heterocycles. The number of para-hydroxylation sites is 1. The van der Waals surface area contributed by atoms with Crippen molar-refractivity contribution < 1.29 is 19.1 Å². The Bertz CT molecular complexity index is 1080. The second-order valence-corrected chi connectivity index (χ2v) is 6.15. The average Bonchev–Trinajstić information content (AvgIpc) is 2.72. The lowest BCUT2D eigenvalue weighted by Crippen LogP contribution is -2.24. The molecule has 0 aliphatic rings. The Morgan fingerprint density at radius 3 is 2.46 bits per heavy atom. The van der Waals surface area contributed by atoms with Gasteiger partial charge in [-0.2, -0.15) is 5.26 Å². The fourth-order valence-electron chi connectivity index (χ4n) is 2.56. The molecule has 0 heterocycles. The Balaban J connectivity index is 1.53. The first-order valence-corrected chi connectivity index (χ1v) is 8.71. The van der Waals surface area contributed by atoms with Crippen molar-refractivity contribution in [2.45, 2.75) is 0 Å². The van der Waals surface area contributed by atoms with Crippen LogP contribution in [-0.4, -0.2) is 25.1 Å². The SMILES string of the molecule is N#Cc1ccccc1NC(=O)COC(=O)COc1ccc(Cl)c2ccccc12. The van der Waals surface area contributed by atoms with Crippen LogP contribution in [0.25, 0.3) is 10.8 Å².